The van der Waals surface area contributed by atoms with E-state index in [4.69, 9.17) is 5.73 Å². The van der Waals surface area contributed by atoms with Gasteiger partial charge in [0.15, 0.2) is 0 Å². The first-order valence-corrected chi connectivity index (χ1v) is 5.66. The van der Waals surface area contributed by atoms with Gasteiger partial charge in [-0.3, -0.25) is 4.40 Å². The van der Waals surface area contributed by atoms with Gasteiger partial charge in [0.2, 0.25) is 0 Å². The fourth-order valence-corrected chi connectivity index (χ4v) is 2.07. The van der Waals surface area contributed by atoms with Crippen LogP contribution in [-0.4, -0.2) is 9.38 Å². The number of hydrogen-bond donors (Lipinski definition) is 1. The SMILES string of the molecule is Cc1cccn2c(N)c(-c3cccc(F)c3)nc12. The van der Waals surface area contributed by atoms with Crippen LogP contribution in [-0.2, 0) is 0 Å². The summed E-state index contributed by atoms with van der Waals surface area (Å²) in [5, 5.41) is 0. The molecule has 3 rings (SSSR count). The highest BCUT2D eigenvalue weighted by Gasteiger charge is 2.12. The van der Waals surface area contributed by atoms with Crippen LogP contribution in [0.4, 0.5) is 10.2 Å². The quantitative estimate of drug-likeness (QED) is 0.711. The minimum absolute atomic E-state index is 0.291. The third-order valence-electron chi connectivity index (χ3n) is 2.98. The molecule has 0 fully saturated rings. The van der Waals surface area contributed by atoms with E-state index in [1.165, 1.54) is 12.1 Å². The minimum Gasteiger partial charge on any atom is -0.383 e. The molecular formula is C14H12FN3. The number of nitrogen functional groups attached to an aromatic ring is 1. The van der Waals surface area contributed by atoms with Crippen LogP contribution in [0.1, 0.15) is 5.56 Å². The lowest BCUT2D eigenvalue weighted by molar-refractivity contribution is 0.628. The zero-order valence-corrected chi connectivity index (χ0v) is 9.89. The average Bonchev–Trinajstić information content (AvgIpc) is 2.69. The number of fused-ring (bicyclic) bond motifs is 1. The number of imidazole rings is 1. The fourth-order valence-electron chi connectivity index (χ4n) is 2.07. The first-order valence-electron chi connectivity index (χ1n) is 5.66. The number of halogens is 1. The molecule has 18 heavy (non-hydrogen) atoms. The maximum atomic E-state index is 13.2. The van der Waals surface area contributed by atoms with Gasteiger partial charge in [0.05, 0.1) is 0 Å². The first-order chi connectivity index (χ1) is 8.66. The number of hydrogen-bond acceptors (Lipinski definition) is 2. The van der Waals surface area contributed by atoms with Crippen LogP contribution in [0.25, 0.3) is 16.9 Å². The Hall–Kier alpha value is -2.36. The Bertz CT molecular complexity index is 731. The molecule has 0 radical (unpaired) electrons. The van der Waals surface area contributed by atoms with Gasteiger partial charge in [-0.1, -0.05) is 18.2 Å². The number of nitrogens with two attached hydrogens (primary N) is 1. The summed E-state index contributed by atoms with van der Waals surface area (Å²) >= 11 is 0. The summed E-state index contributed by atoms with van der Waals surface area (Å²) < 4.78 is 15.1. The van der Waals surface area contributed by atoms with E-state index in [0.717, 1.165) is 11.2 Å². The average molecular weight is 241 g/mol. The van der Waals surface area contributed by atoms with Gasteiger partial charge in [0, 0.05) is 11.8 Å². The Morgan fingerprint density at radius 2 is 2.06 bits per heavy atom. The molecule has 0 saturated heterocycles. The highest BCUT2D eigenvalue weighted by molar-refractivity contribution is 5.75. The molecule has 0 spiro atoms. The van der Waals surface area contributed by atoms with Crippen LogP contribution in [0, 0.1) is 12.7 Å². The molecule has 2 N–H and O–H groups in total. The summed E-state index contributed by atoms with van der Waals surface area (Å²) in [6, 6.07) is 10.2. The molecule has 2 heterocycles. The van der Waals surface area contributed by atoms with Gasteiger partial charge in [-0.15, -0.1) is 0 Å². The molecule has 2 aromatic heterocycles. The van der Waals surface area contributed by atoms with Gasteiger partial charge in [0.25, 0.3) is 0 Å². The monoisotopic (exact) mass is 241 g/mol. The maximum absolute atomic E-state index is 13.2. The van der Waals surface area contributed by atoms with E-state index >= 15 is 0 Å². The molecule has 0 aliphatic heterocycles. The number of nitrogens with zero attached hydrogens (tertiary/aromatic N) is 2. The van der Waals surface area contributed by atoms with E-state index in [0.29, 0.717) is 17.1 Å². The van der Waals surface area contributed by atoms with E-state index in [9.17, 15) is 4.39 Å². The molecule has 3 aromatic rings. The van der Waals surface area contributed by atoms with Gasteiger partial charge in [-0.25, -0.2) is 9.37 Å². The van der Waals surface area contributed by atoms with Crippen molar-refractivity contribution in [1.29, 1.82) is 0 Å². The zero-order valence-electron chi connectivity index (χ0n) is 9.89. The maximum Gasteiger partial charge on any atom is 0.142 e. The lowest BCUT2D eigenvalue weighted by atomic mass is 10.1. The molecule has 3 nitrogen and oxygen atoms in total. The Kier molecular flexibility index (Phi) is 2.30. The second-order valence-corrected chi connectivity index (χ2v) is 4.24. The smallest absolute Gasteiger partial charge is 0.142 e. The highest BCUT2D eigenvalue weighted by Crippen LogP contribution is 2.27. The molecule has 0 unspecified atom stereocenters. The molecule has 0 aliphatic carbocycles. The Morgan fingerprint density at radius 1 is 1.22 bits per heavy atom. The van der Waals surface area contributed by atoms with Gasteiger partial charge in [-0.05, 0) is 30.7 Å². The van der Waals surface area contributed by atoms with E-state index in [2.05, 4.69) is 4.98 Å². The lowest BCUT2D eigenvalue weighted by Gasteiger charge is -1.99. The predicted molar refractivity (Wildman–Crippen MR) is 69.7 cm³/mol. The number of aryl methyl sites for hydroxylation is 1. The largest absolute Gasteiger partial charge is 0.383 e. The third kappa shape index (κ3) is 1.54. The number of benzene rings is 1. The molecule has 0 aliphatic rings. The van der Waals surface area contributed by atoms with E-state index in [1.807, 2.05) is 29.7 Å². The van der Waals surface area contributed by atoms with Crippen LogP contribution < -0.4 is 5.73 Å². The number of anilines is 1. The van der Waals surface area contributed by atoms with Crippen LogP contribution in [0.2, 0.25) is 0 Å². The topological polar surface area (TPSA) is 43.3 Å². The normalized spacial score (nSPS) is 11.0. The fraction of sp³-hybridized carbons (Fsp3) is 0.0714. The molecule has 0 amide bonds. The molecule has 1 aromatic carbocycles. The van der Waals surface area contributed by atoms with Crippen molar-refractivity contribution in [1.82, 2.24) is 9.38 Å². The predicted octanol–water partition coefficient (Wildman–Crippen LogP) is 3.03. The molecular weight excluding hydrogens is 229 g/mol. The van der Waals surface area contributed by atoms with Crippen LogP contribution in [0.3, 0.4) is 0 Å². The van der Waals surface area contributed by atoms with Crippen molar-refractivity contribution in [2.45, 2.75) is 6.92 Å². The van der Waals surface area contributed by atoms with Crippen molar-refractivity contribution in [3.63, 3.8) is 0 Å². The molecule has 0 atom stereocenters. The molecule has 90 valence electrons. The van der Waals surface area contributed by atoms with Gasteiger partial charge in [-0.2, -0.15) is 0 Å². The second-order valence-electron chi connectivity index (χ2n) is 4.24. The van der Waals surface area contributed by atoms with Crippen molar-refractivity contribution in [3.8, 4) is 11.3 Å². The van der Waals surface area contributed by atoms with Gasteiger partial charge < -0.3 is 5.73 Å². The summed E-state index contributed by atoms with van der Waals surface area (Å²) in [6.45, 7) is 1.97. The van der Waals surface area contributed by atoms with Crippen LogP contribution >= 0.6 is 0 Å². The summed E-state index contributed by atoms with van der Waals surface area (Å²) in [6.07, 6.45) is 1.85. The van der Waals surface area contributed by atoms with Crippen molar-refractivity contribution >= 4 is 11.5 Å². The van der Waals surface area contributed by atoms with Crippen LogP contribution in [0.15, 0.2) is 42.6 Å². The second kappa shape index (κ2) is 3.84. The highest BCUT2D eigenvalue weighted by atomic mass is 19.1. The Morgan fingerprint density at radius 3 is 2.78 bits per heavy atom. The summed E-state index contributed by atoms with van der Waals surface area (Å²) in [7, 11) is 0. The number of pyridine rings is 1. The number of rotatable bonds is 1. The van der Waals surface area contributed by atoms with Gasteiger partial charge in [0.1, 0.15) is 23.0 Å². The minimum atomic E-state index is -0.291. The van der Waals surface area contributed by atoms with Crippen LogP contribution in [0.5, 0.6) is 0 Å². The summed E-state index contributed by atoms with van der Waals surface area (Å²) in [4.78, 5) is 4.49. The van der Waals surface area contributed by atoms with Crippen molar-refractivity contribution in [3.05, 3.63) is 54.0 Å². The van der Waals surface area contributed by atoms with E-state index in [-0.39, 0.29) is 5.82 Å². The van der Waals surface area contributed by atoms with Crippen molar-refractivity contribution in [2.24, 2.45) is 0 Å². The zero-order chi connectivity index (χ0) is 12.7. The van der Waals surface area contributed by atoms with Crippen molar-refractivity contribution < 1.29 is 4.39 Å². The lowest BCUT2D eigenvalue weighted by Crippen LogP contribution is -1.94. The van der Waals surface area contributed by atoms with E-state index in [1.54, 1.807) is 12.1 Å². The summed E-state index contributed by atoms with van der Waals surface area (Å²) in [5.74, 6) is 0.236. The first kappa shape index (κ1) is 10.8. The number of aromatic nitrogens is 2. The van der Waals surface area contributed by atoms with Crippen molar-refractivity contribution in [2.75, 3.05) is 5.73 Å². The Balaban J connectivity index is 2.30. The molecule has 0 bridgehead atoms. The Labute approximate surface area is 104 Å². The molecule has 0 saturated carbocycles. The van der Waals surface area contributed by atoms with Gasteiger partial charge >= 0.3 is 0 Å². The summed E-state index contributed by atoms with van der Waals surface area (Å²) in [5.41, 5.74) is 9.21. The standard InChI is InChI=1S/C14H12FN3/c1-9-4-3-7-18-13(16)12(17-14(9)18)10-5-2-6-11(15)8-10/h2-8H,16H2,1H3. The molecule has 4 heteroatoms. The third-order valence-corrected chi connectivity index (χ3v) is 2.98. The van der Waals surface area contributed by atoms with E-state index < -0.39 is 0 Å².